The highest BCUT2D eigenvalue weighted by Gasteiger charge is 2.29. The van der Waals surface area contributed by atoms with Crippen LogP contribution in [0, 0.1) is 13.8 Å². The average molecular weight is 601 g/mol. The number of nitrogens with zero attached hydrogens (tertiary/aromatic N) is 2. The molecule has 1 aromatic heterocycles. The number of fused-ring (bicyclic) bond motifs is 2. The van der Waals surface area contributed by atoms with Crippen molar-refractivity contribution >= 4 is 37.9 Å². The van der Waals surface area contributed by atoms with Gasteiger partial charge in [0.2, 0.25) is 0 Å². The second-order valence-electron chi connectivity index (χ2n) is 10.6. The Balaban J connectivity index is 1.78. The maximum absolute atomic E-state index is 14.7. The van der Waals surface area contributed by atoms with Gasteiger partial charge in [-0.2, -0.15) is 0 Å². The zero-order valence-electron chi connectivity index (χ0n) is 24.8. The second kappa shape index (κ2) is 12.2. The fraction of sp³-hybridized carbons (Fsp3) is 0.108. The van der Waals surface area contributed by atoms with Gasteiger partial charge >= 0.3 is 0 Å². The molecular formula is C37H32N2O4S. The number of anilines is 1. The maximum Gasteiger partial charge on any atom is 0.265 e. The van der Waals surface area contributed by atoms with E-state index in [0.717, 1.165) is 27.6 Å². The standard InChI is InChI=1S/C37H32N2O4S/c1-26-14-19-32(20-15-26)44(40,41)39(25-28-10-6-4-7-11-28)37-33(29-12-8-5-9-13-29)23-30-17-18-31(42-3)24-35(30)43-36-22-27(2)16-21-34(36)38-37/h4-24H,25H2,1-3H3. The van der Waals surface area contributed by atoms with Crippen molar-refractivity contribution in [2.45, 2.75) is 25.3 Å². The Morgan fingerprint density at radius 1 is 0.727 bits per heavy atom. The monoisotopic (exact) mass is 600 g/mol. The third kappa shape index (κ3) is 6.00. The van der Waals surface area contributed by atoms with Gasteiger partial charge in [-0.1, -0.05) is 84.4 Å². The molecule has 0 radical (unpaired) electrons. The predicted octanol–water partition coefficient (Wildman–Crippen LogP) is 8.79. The molecule has 0 amide bonds. The lowest BCUT2D eigenvalue weighted by Crippen LogP contribution is -2.31. The van der Waals surface area contributed by atoms with Crippen molar-refractivity contribution in [3.63, 3.8) is 0 Å². The summed E-state index contributed by atoms with van der Waals surface area (Å²) in [5, 5.41) is 0.749. The minimum atomic E-state index is -4.09. The molecule has 0 fully saturated rings. The van der Waals surface area contributed by atoms with E-state index in [4.69, 9.17) is 14.1 Å². The molecule has 0 saturated heterocycles. The fourth-order valence-electron chi connectivity index (χ4n) is 5.04. The van der Waals surface area contributed by atoms with Crippen molar-refractivity contribution in [2.24, 2.45) is 0 Å². The van der Waals surface area contributed by atoms with Gasteiger partial charge in [0.1, 0.15) is 16.8 Å². The highest BCUT2D eigenvalue weighted by atomic mass is 32.2. The van der Waals surface area contributed by atoms with Gasteiger partial charge in [0.25, 0.3) is 10.0 Å². The number of rotatable bonds is 7. The van der Waals surface area contributed by atoms with Crippen LogP contribution >= 0.6 is 0 Å². The van der Waals surface area contributed by atoms with Gasteiger partial charge in [-0.05, 0) is 73.0 Å². The van der Waals surface area contributed by atoms with Crippen LogP contribution in [0.15, 0.2) is 137 Å². The largest absolute Gasteiger partial charge is 0.497 e. The van der Waals surface area contributed by atoms with Gasteiger partial charge in [-0.15, -0.1) is 0 Å². The Kier molecular flexibility index (Phi) is 8.05. The lowest BCUT2D eigenvalue weighted by atomic mass is 10.1. The Morgan fingerprint density at radius 2 is 1.41 bits per heavy atom. The van der Waals surface area contributed by atoms with Gasteiger partial charge in [0, 0.05) is 17.0 Å². The SMILES string of the molecule is COc1ccc2cc(-c3ccccc3)c(N(Cc3ccccc3)S(=O)(=O)c3ccc(C)cc3)nc3ccc(C)cc3oc2c1. The van der Waals surface area contributed by atoms with Crippen LogP contribution in [0.1, 0.15) is 16.7 Å². The minimum Gasteiger partial charge on any atom is -0.497 e. The molecule has 0 aliphatic rings. The van der Waals surface area contributed by atoms with E-state index in [1.54, 1.807) is 19.2 Å². The fourth-order valence-corrected chi connectivity index (χ4v) is 6.46. The molecule has 7 heteroatoms. The lowest BCUT2D eigenvalue weighted by molar-refractivity contribution is 0.414. The summed E-state index contributed by atoms with van der Waals surface area (Å²) in [4.78, 5) is 5.31. The Hall–Kier alpha value is -5.14. The molecular weight excluding hydrogens is 568 g/mol. The second-order valence-corrected chi connectivity index (χ2v) is 12.5. The van der Waals surface area contributed by atoms with E-state index in [0.29, 0.717) is 28.0 Å². The molecule has 0 atom stereocenters. The summed E-state index contributed by atoms with van der Waals surface area (Å²) >= 11 is 0. The van der Waals surface area contributed by atoms with Gasteiger partial charge in [0.05, 0.1) is 18.6 Å². The molecule has 0 N–H and O–H groups in total. The molecule has 44 heavy (non-hydrogen) atoms. The summed E-state index contributed by atoms with van der Waals surface area (Å²) in [5.74, 6) is 0.915. The van der Waals surface area contributed by atoms with E-state index in [1.165, 1.54) is 4.31 Å². The van der Waals surface area contributed by atoms with Gasteiger partial charge in [-0.3, -0.25) is 0 Å². The maximum atomic E-state index is 14.7. The van der Waals surface area contributed by atoms with Crippen LogP contribution in [0.5, 0.6) is 5.75 Å². The summed E-state index contributed by atoms with van der Waals surface area (Å²) in [6.07, 6.45) is 0. The normalized spacial score (nSPS) is 11.3. The van der Waals surface area contributed by atoms with Gasteiger partial charge < -0.3 is 9.15 Å². The van der Waals surface area contributed by atoms with E-state index >= 15 is 0 Å². The first-order chi connectivity index (χ1) is 21.3. The van der Waals surface area contributed by atoms with Crippen LogP contribution in [-0.4, -0.2) is 20.5 Å². The Morgan fingerprint density at radius 3 is 2.11 bits per heavy atom. The van der Waals surface area contributed by atoms with Crippen LogP contribution < -0.4 is 9.04 Å². The summed E-state index contributed by atoms with van der Waals surface area (Å²) in [6.45, 7) is 3.98. The van der Waals surface area contributed by atoms with Crippen molar-refractivity contribution in [1.29, 1.82) is 0 Å². The third-order valence-electron chi connectivity index (χ3n) is 7.42. The van der Waals surface area contributed by atoms with E-state index < -0.39 is 10.0 Å². The molecule has 0 bridgehead atoms. The molecule has 6 nitrogen and oxygen atoms in total. The summed E-state index contributed by atoms with van der Waals surface area (Å²) in [6, 6.07) is 39.4. The van der Waals surface area contributed by atoms with Crippen molar-refractivity contribution in [3.8, 4) is 16.9 Å². The topological polar surface area (TPSA) is 72.6 Å². The first-order valence-electron chi connectivity index (χ1n) is 14.3. The third-order valence-corrected chi connectivity index (χ3v) is 9.17. The Labute approximate surface area is 257 Å². The molecule has 1 heterocycles. The van der Waals surface area contributed by atoms with Crippen LogP contribution in [0.2, 0.25) is 0 Å². The number of hydrogen-bond acceptors (Lipinski definition) is 5. The quantitative estimate of drug-likeness (QED) is 0.183. The van der Waals surface area contributed by atoms with Crippen molar-refractivity contribution in [1.82, 2.24) is 4.98 Å². The zero-order valence-corrected chi connectivity index (χ0v) is 25.6. The highest BCUT2D eigenvalue weighted by Crippen LogP contribution is 2.36. The van der Waals surface area contributed by atoms with Crippen molar-refractivity contribution in [3.05, 3.63) is 144 Å². The lowest BCUT2D eigenvalue weighted by Gasteiger charge is -2.25. The van der Waals surface area contributed by atoms with E-state index in [1.807, 2.05) is 129 Å². The first-order valence-corrected chi connectivity index (χ1v) is 15.7. The van der Waals surface area contributed by atoms with Crippen LogP contribution in [0.4, 0.5) is 5.82 Å². The van der Waals surface area contributed by atoms with Gasteiger partial charge in [-0.25, -0.2) is 17.7 Å². The molecule has 6 rings (SSSR count). The Bertz CT molecular complexity index is 2110. The number of ether oxygens (including phenoxy) is 1. The molecule has 220 valence electrons. The summed E-state index contributed by atoms with van der Waals surface area (Å²) < 4.78 is 42.8. The number of benzene rings is 5. The summed E-state index contributed by atoms with van der Waals surface area (Å²) in [5.41, 5.74) is 5.78. The number of sulfonamides is 1. The van der Waals surface area contributed by atoms with Crippen LogP contribution in [0.25, 0.3) is 33.2 Å². The van der Waals surface area contributed by atoms with E-state index in [9.17, 15) is 8.42 Å². The van der Waals surface area contributed by atoms with E-state index in [2.05, 4.69) is 0 Å². The molecule has 0 unspecified atom stereocenters. The zero-order chi connectivity index (χ0) is 30.7. The molecule has 0 aliphatic heterocycles. The molecule has 6 aromatic rings. The predicted molar refractivity (Wildman–Crippen MR) is 177 cm³/mol. The summed E-state index contributed by atoms with van der Waals surface area (Å²) in [7, 11) is -2.48. The average Bonchev–Trinajstić information content (AvgIpc) is 3.10. The van der Waals surface area contributed by atoms with Gasteiger partial charge in [0.15, 0.2) is 11.4 Å². The molecule has 0 aliphatic carbocycles. The van der Waals surface area contributed by atoms with Crippen LogP contribution in [-0.2, 0) is 16.6 Å². The number of aryl methyl sites for hydroxylation is 2. The molecule has 5 aromatic carbocycles. The minimum absolute atomic E-state index is 0.0670. The first kappa shape index (κ1) is 29.0. The van der Waals surface area contributed by atoms with Crippen molar-refractivity contribution in [2.75, 3.05) is 11.4 Å². The number of methoxy groups -OCH3 is 1. The number of aromatic nitrogens is 1. The van der Waals surface area contributed by atoms with Crippen LogP contribution in [0.3, 0.4) is 0 Å². The number of hydrogen-bond donors (Lipinski definition) is 0. The molecule has 0 saturated carbocycles. The highest BCUT2D eigenvalue weighted by molar-refractivity contribution is 7.92. The van der Waals surface area contributed by atoms with E-state index in [-0.39, 0.29) is 17.3 Å². The van der Waals surface area contributed by atoms with Crippen molar-refractivity contribution < 1.29 is 17.6 Å². The molecule has 0 spiro atoms. The smallest absolute Gasteiger partial charge is 0.265 e.